The number of fused-ring (bicyclic) bond motifs is 1. The Kier molecular flexibility index (Phi) is 4.37. The van der Waals surface area contributed by atoms with E-state index in [-0.39, 0.29) is 18.4 Å². The zero-order valence-corrected chi connectivity index (χ0v) is 13.0. The summed E-state index contributed by atoms with van der Waals surface area (Å²) < 4.78 is 10.7. The lowest BCUT2D eigenvalue weighted by atomic mass is 10.1. The van der Waals surface area contributed by atoms with Crippen molar-refractivity contribution < 1.29 is 19.4 Å². The predicted octanol–water partition coefficient (Wildman–Crippen LogP) is 2.71. The van der Waals surface area contributed by atoms with E-state index in [0.29, 0.717) is 19.5 Å². The van der Waals surface area contributed by atoms with Crippen molar-refractivity contribution in [2.75, 3.05) is 13.3 Å². The molecule has 0 saturated carbocycles. The average molecular weight is 313 g/mol. The fourth-order valence-electron chi connectivity index (χ4n) is 2.54. The molecule has 3 rings (SSSR count). The standard InChI is InChI=1S/C18H19NO4/c1-2-19(18(21)10-13-3-6-15(20)7-4-13)11-14-5-8-16-17(9-14)23-12-22-16/h3-9,20H,2,10-12H2,1H3. The van der Waals surface area contributed by atoms with Gasteiger partial charge in [0, 0.05) is 13.1 Å². The van der Waals surface area contributed by atoms with E-state index in [0.717, 1.165) is 22.6 Å². The number of hydrogen-bond donors (Lipinski definition) is 1. The van der Waals surface area contributed by atoms with Crippen LogP contribution in [0.5, 0.6) is 17.2 Å². The minimum atomic E-state index is 0.0517. The lowest BCUT2D eigenvalue weighted by Gasteiger charge is -2.21. The molecule has 0 atom stereocenters. The molecule has 0 bridgehead atoms. The van der Waals surface area contributed by atoms with Gasteiger partial charge in [-0.2, -0.15) is 0 Å². The molecule has 0 unspecified atom stereocenters. The van der Waals surface area contributed by atoms with Gasteiger partial charge in [-0.15, -0.1) is 0 Å². The van der Waals surface area contributed by atoms with E-state index in [2.05, 4.69) is 0 Å². The van der Waals surface area contributed by atoms with E-state index in [4.69, 9.17) is 9.47 Å². The highest BCUT2D eigenvalue weighted by molar-refractivity contribution is 5.78. The molecular formula is C18H19NO4. The first-order valence-electron chi connectivity index (χ1n) is 7.60. The zero-order chi connectivity index (χ0) is 16.2. The molecule has 1 N–H and O–H groups in total. The maximum absolute atomic E-state index is 12.5. The normalized spacial score (nSPS) is 12.2. The van der Waals surface area contributed by atoms with Crippen molar-refractivity contribution in [3.8, 4) is 17.2 Å². The van der Waals surface area contributed by atoms with Crippen LogP contribution in [0.25, 0.3) is 0 Å². The molecular weight excluding hydrogens is 294 g/mol. The Morgan fingerprint density at radius 3 is 2.52 bits per heavy atom. The molecule has 0 saturated heterocycles. The minimum Gasteiger partial charge on any atom is -0.508 e. The predicted molar refractivity (Wildman–Crippen MR) is 85.5 cm³/mol. The first-order valence-corrected chi connectivity index (χ1v) is 7.60. The van der Waals surface area contributed by atoms with Crippen molar-refractivity contribution in [1.82, 2.24) is 4.90 Å². The quantitative estimate of drug-likeness (QED) is 0.922. The summed E-state index contributed by atoms with van der Waals surface area (Å²) in [4.78, 5) is 14.3. The van der Waals surface area contributed by atoms with Gasteiger partial charge in [-0.1, -0.05) is 18.2 Å². The highest BCUT2D eigenvalue weighted by Crippen LogP contribution is 2.32. The number of hydrogen-bond acceptors (Lipinski definition) is 4. The Labute approximate surface area is 135 Å². The number of carbonyl (C=O) groups is 1. The smallest absolute Gasteiger partial charge is 0.231 e. The highest BCUT2D eigenvalue weighted by Gasteiger charge is 2.17. The summed E-state index contributed by atoms with van der Waals surface area (Å²) in [7, 11) is 0. The SMILES string of the molecule is CCN(Cc1ccc2c(c1)OCO2)C(=O)Cc1ccc(O)cc1. The molecule has 0 aliphatic carbocycles. The lowest BCUT2D eigenvalue weighted by molar-refractivity contribution is -0.130. The van der Waals surface area contributed by atoms with Gasteiger partial charge in [-0.25, -0.2) is 0 Å². The number of phenols is 1. The van der Waals surface area contributed by atoms with Crippen LogP contribution in [-0.4, -0.2) is 29.3 Å². The topological polar surface area (TPSA) is 59.0 Å². The molecule has 23 heavy (non-hydrogen) atoms. The number of amides is 1. The average Bonchev–Trinajstić information content (AvgIpc) is 3.02. The molecule has 0 spiro atoms. The molecule has 1 heterocycles. The van der Waals surface area contributed by atoms with Crippen LogP contribution in [0.4, 0.5) is 0 Å². The third kappa shape index (κ3) is 3.56. The van der Waals surface area contributed by atoms with Gasteiger partial charge < -0.3 is 19.5 Å². The Balaban J connectivity index is 1.67. The van der Waals surface area contributed by atoms with Crippen LogP contribution in [0.1, 0.15) is 18.1 Å². The number of likely N-dealkylation sites (N-methyl/N-ethyl adjacent to an activating group) is 1. The number of phenolic OH excluding ortho intramolecular Hbond substituents is 1. The molecule has 1 aliphatic rings. The Bertz CT molecular complexity index is 697. The number of ether oxygens (including phenoxy) is 2. The summed E-state index contributed by atoms with van der Waals surface area (Å²) in [6.45, 7) is 3.37. The maximum Gasteiger partial charge on any atom is 0.231 e. The van der Waals surface area contributed by atoms with Gasteiger partial charge >= 0.3 is 0 Å². The molecule has 0 fully saturated rings. The Morgan fingerprint density at radius 2 is 1.78 bits per heavy atom. The zero-order valence-electron chi connectivity index (χ0n) is 13.0. The van der Waals surface area contributed by atoms with Crippen molar-refractivity contribution in [2.24, 2.45) is 0 Å². The first kappa shape index (κ1) is 15.2. The second-order valence-electron chi connectivity index (χ2n) is 5.44. The first-order chi connectivity index (χ1) is 11.2. The van der Waals surface area contributed by atoms with Crippen LogP contribution >= 0.6 is 0 Å². The summed E-state index contributed by atoms with van der Waals surface area (Å²) in [5.41, 5.74) is 1.90. The fourth-order valence-corrected chi connectivity index (χ4v) is 2.54. The molecule has 5 heteroatoms. The van der Waals surface area contributed by atoms with Crippen molar-refractivity contribution in [2.45, 2.75) is 19.9 Å². The van der Waals surface area contributed by atoms with Gasteiger partial charge in [0.1, 0.15) is 5.75 Å². The summed E-state index contributed by atoms with van der Waals surface area (Å²) in [5.74, 6) is 1.72. The van der Waals surface area contributed by atoms with Crippen LogP contribution in [0, 0.1) is 0 Å². The van der Waals surface area contributed by atoms with E-state index in [9.17, 15) is 9.90 Å². The van der Waals surface area contributed by atoms with Crippen LogP contribution < -0.4 is 9.47 Å². The van der Waals surface area contributed by atoms with E-state index < -0.39 is 0 Å². The van der Waals surface area contributed by atoms with Crippen molar-refractivity contribution in [3.63, 3.8) is 0 Å². The summed E-state index contributed by atoms with van der Waals surface area (Å²) in [6.07, 6.45) is 0.318. The van der Waals surface area contributed by atoms with Crippen LogP contribution in [-0.2, 0) is 17.8 Å². The Hall–Kier alpha value is -2.69. The monoisotopic (exact) mass is 313 g/mol. The van der Waals surface area contributed by atoms with E-state index in [1.165, 1.54) is 0 Å². The second kappa shape index (κ2) is 6.60. The molecule has 5 nitrogen and oxygen atoms in total. The number of carbonyl (C=O) groups excluding carboxylic acids is 1. The lowest BCUT2D eigenvalue weighted by Crippen LogP contribution is -2.31. The summed E-state index contributed by atoms with van der Waals surface area (Å²) in [5, 5.41) is 9.30. The van der Waals surface area contributed by atoms with Crippen LogP contribution in [0.15, 0.2) is 42.5 Å². The van der Waals surface area contributed by atoms with Gasteiger partial charge in [-0.05, 0) is 42.3 Å². The number of nitrogens with zero attached hydrogens (tertiary/aromatic N) is 1. The van der Waals surface area contributed by atoms with Crippen LogP contribution in [0.3, 0.4) is 0 Å². The van der Waals surface area contributed by atoms with E-state index in [1.54, 1.807) is 29.2 Å². The molecule has 120 valence electrons. The molecule has 0 radical (unpaired) electrons. The molecule has 1 amide bonds. The van der Waals surface area contributed by atoms with Gasteiger partial charge in [0.05, 0.1) is 6.42 Å². The third-order valence-electron chi connectivity index (χ3n) is 3.84. The van der Waals surface area contributed by atoms with E-state index >= 15 is 0 Å². The van der Waals surface area contributed by atoms with Gasteiger partial charge in [0.2, 0.25) is 12.7 Å². The molecule has 1 aliphatic heterocycles. The van der Waals surface area contributed by atoms with Crippen molar-refractivity contribution in [1.29, 1.82) is 0 Å². The minimum absolute atomic E-state index is 0.0517. The fraction of sp³-hybridized carbons (Fsp3) is 0.278. The number of benzene rings is 2. The summed E-state index contributed by atoms with van der Waals surface area (Å²) >= 11 is 0. The molecule has 2 aromatic carbocycles. The Morgan fingerprint density at radius 1 is 1.09 bits per heavy atom. The largest absolute Gasteiger partial charge is 0.508 e. The molecule has 0 aromatic heterocycles. The second-order valence-corrected chi connectivity index (χ2v) is 5.44. The number of aromatic hydroxyl groups is 1. The summed E-state index contributed by atoms with van der Waals surface area (Å²) in [6, 6.07) is 12.5. The van der Waals surface area contributed by atoms with Gasteiger partial charge in [0.25, 0.3) is 0 Å². The maximum atomic E-state index is 12.5. The third-order valence-corrected chi connectivity index (χ3v) is 3.84. The molecule has 2 aromatic rings. The van der Waals surface area contributed by atoms with E-state index in [1.807, 2.05) is 25.1 Å². The highest BCUT2D eigenvalue weighted by atomic mass is 16.7. The van der Waals surface area contributed by atoms with Gasteiger partial charge in [-0.3, -0.25) is 4.79 Å². The number of rotatable bonds is 5. The van der Waals surface area contributed by atoms with Crippen molar-refractivity contribution >= 4 is 5.91 Å². The van der Waals surface area contributed by atoms with Crippen LogP contribution in [0.2, 0.25) is 0 Å². The van der Waals surface area contributed by atoms with Gasteiger partial charge in [0.15, 0.2) is 11.5 Å². The van der Waals surface area contributed by atoms with Crippen molar-refractivity contribution in [3.05, 3.63) is 53.6 Å².